The van der Waals surface area contributed by atoms with Gasteiger partial charge in [-0.15, -0.1) is 0 Å². The lowest BCUT2D eigenvalue weighted by Gasteiger charge is -2.29. The molecule has 0 atom stereocenters. The number of rotatable bonds is 1. The Kier molecular flexibility index (Phi) is 4.35. The number of nitrogens with zero attached hydrogens (tertiary/aromatic N) is 1. The van der Waals surface area contributed by atoms with E-state index in [2.05, 4.69) is 10.2 Å². The van der Waals surface area contributed by atoms with Gasteiger partial charge >= 0.3 is 1.43 Å². The van der Waals surface area contributed by atoms with E-state index in [1.54, 1.807) is 12.1 Å². The first kappa shape index (κ1) is 11.5. The van der Waals surface area contributed by atoms with Crippen LogP contribution in [0.15, 0.2) is 24.3 Å². The highest BCUT2D eigenvalue weighted by Gasteiger charge is 2.09. The second kappa shape index (κ2) is 5.32. The van der Waals surface area contributed by atoms with Gasteiger partial charge in [-0.05, 0) is 18.2 Å². The van der Waals surface area contributed by atoms with Crippen molar-refractivity contribution < 1.29 is 22.8 Å². The minimum atomic E-state index is -0.156. The molecule has 0 saturated carbocycles. The molecule has 1 heterocycles. The molecular formula is C10H14BrFN2. The van der Waals surface area contributed by atoms with E-state index in [4.69, 9.17) is 0 Å². The van der Waals surface area contributed by atoms with Crippen molar-refractivity contribution in [1.82, 2.24) is 5.32 Å². The van der Waals surface area contributed by atoms with Gasteiger partial charge in [0.15, 0.2) is 0 Å². The van der Waals surface area contributed by atoms with E-state index in [1.165, 1.54) is 6.07 Å². The second-order valence-electron chi connectivity index (χ2n) is 3.22. The summed E-state index contributed by atoms with van der Waals surface area (Å²) >= 11 is 0. The summed E-state index contributed by atoms with van der Waals surface area (Å²) in [4.78, 5) is 2.19. The van der Waals surface area contributed by atoms with Gasteiger partial charge < -0.3 is 27.2 Å². The molecule has 78 valence electrons. The highest BCUT2D eigenvalue weighted by Crippen LogP contribution is 2.15. The summed E-state index contributed by atoms with van der Waals surface area (Å²) < 4.78 is 12.9. The maximum Gasteiger partial charge on any atom is 1.00 e. The SMILES string of the molecule is Fc1cccc(N2CCNCC2)c1.[Br-].[H+]. The Bertz CT molecular complexity index is 293. The van der Waals surface area contributed by atoms with Crippen LogP contribution in [0, 0.1) is 5.82 Å². The Morgan fingerprint density at radius 3 is 2.64 bits per heavy atom. The Morgan fingerprint density at radius 2 is 2.00 bits per heavy atom. The number of benzene rings is 1. The fraction of sp³-hybridized carbons (Fsp3) is 0.400. The monoisotopic (exact) mass is 260 g/mol. The Morgan fingerprint density at radius 1 is 1.29 bits per heavy atom. The number of hydrogen-bond acceptors (Lipinski definition) is 2. The standard InChI is InChI=1S/C10H13FN2.BrH/c11-9-2-1-3-10(8-9)13-6-4-12-5-7-13;/h1-3,8,12H,4-7H2;1H. The van der Waals surface area contributed by atoms with Crippen molar-refractivity contribution in [2.45, 2.75) is 0 Å². The fourth-order valence-corrected chi connectivity index (χ4v) is 1.60. The predicted molar refractivity (Wildman–Crippen MR) is 52.6 cm³/mol. The molecule has 1 aliphatic rings. The summed E-state index contributed by atoms with van der Waals surface area (Å²) in [6.45, 7) is 3.89. The molecule has 0 aromatic heterocycles. The normalized spacial score (nSPS) is 16.2. The third-order valence-electron chi connectivity index (χ3n) is 2.29. The predicted octanol–water partition coefficient (Wildman–Crippen LogP) is -1.65. The minimum Gasteiger partial charge on any atom is -1.00 e. The number of nitrogens with one attached hydrogen (secondary N) is 1. The summed E-state index contributed by atoms with van der Waals surface area (Å²) in [5, 5.41) is 3.26. The van der Waals surface area contributed by atoms with E-state index in [0.717, 1.165) is 31.9 Å². The van der Waals surface area contributed by atoms with Crippen LogP contribution in [0.2, 0.25) is 0 Å². The smallest absolute Gasteiger partial charge is 1.00 e. The number of hydrogen-bond donors (Lipinski definition) is 1. The van der Waals surface area contributed by atoms with Crippen molar-refractivity contribution in [3.05, 3.63) is 30.1 Å². The van der Waals surface area contributed by atoms with Crippen LogP contribution in [-0.4, -0.2) is 26.2 Å². The van der Waals surface area contributed by atoms with Crippen molar-refractivity contribution in [3.63, 3.8) is 0 Å². The van der Waals surface area contributed by atoms with Crippen molar-refractivity contribution in [2.24, 2.45) is 0 Å². The third-order valence-corrected chi connectivity index (χ3v) is 2.29. The summed E-state index contributed by atoms with van der Waals surface area (Å²) in [7, 11) is 0. The van der Waals surface area contributed by atoms with Gasteiger partial charge in [0.25, 0.3) is 0 Å². The number of anilines is 1. The van der Waals surface area contributed by atoms with E-state index in [9.17, 15) is 4.39 Å². The molecular weight excluding hydrogens is 247 g/mol. The lowest BCUT2D eigenvalue weighted by molar-refractivity contribution is -0.00000327. The van der Waals surface area contributed by atoms with Crippen LogP contribution in [0.25, 0.3) is 0 Å². The molecule has 2 nitrogen and oxygen atoms in total. The molecule has 1 aromatic rings. The fourth-order valence-electron chi connectivity index (χ4n) is 1.60. The largest absolute Gasteiger partial charge is 1.00 e. The van der Waals surface area contributed by atoms with E-state index >= 15 is 0 Å². The summed E-state index contributed by atoms with van der Waals surface area (Å²) in [6, 6.07) is 6.78. The Hall–Kier alpha value is -0.610. The van der Waals surface area contributed by atoms with Gasteiger partial charge in [-0.25, -0.2) is 4.39 Å². The van der Waals surface area contributed by atoms with Crippen molar-refractivity contribution in [3.8, 4) is 0 Å². The van der Waals surface area contributed by atoms with Crippen molar-refractivity contribution in [1.29, 1.82) is 0 Å². The van der Waals surface area contributed by atoms with Crippen LogP contribution in [0.5, 0.6) is 0 Å². The molecule has 4 heteroatoms. The molecule has 0 bridgehead atoms. The first-order valence-corrected chi connectivity index (χ1v) is 4.57. The third kappa shape index (κ3) is 2.69. The van der Waals surface area contributed by atoms with Gasteiger partial charge in [-0.2, -0.15) is 0 Å². The van der Waals surface area contributed by atoms with Crippen LogP contribution in [0.1, 0.15) is 1.43 Å². The van der Waals surface area contributed by atoms with E-state index < -0.39 is 0 Å². The summed E-state index contributed by atoms with van der Waals surface area (Å²) in [6.07, 6.45) is 0. The molecule has 1 fully saturated rings. The highest BCUT2D eigenvalue weighted by molar-refractivity contribution is 5.46. The van der Waals surface area contributed by atoms with Crippen molar-refractivity contribution >= 4 is 5.69 Å². The van der Waals surface area contributed by atoms with Crippen LogP contribution < -0.4 is 27.2 Å². The molecule has 0 aliphatic carbocycles. The molecule has 14 heavy (non-hydrogen) atoms. The molecule has 0 radical (unpaired) electrons. The van der Waals surface area contributed by atoms with Gasteiger partial charge in [0, 0.05) is 31.9 Å². The van der Waals surface area contributed by atoms with Crippen molar-refractivity contribution in [2.75, 3.05) is 31.1 Å². The van der Waals surface area contributed by atoms with Crippen LogP contribution in [-0.2, 0) is 0 Å². The maximum absolute atomic E-state index is 12.9. The molecule has 0 spiro atoms. The van der Waals surface area contributed by atoms with E-state index in [-0.39, 0.29) is 24.2 Å². The molecule has 0 amide bonds. The Balaban J connectivity index is 0.000000980. The number of piperazine rings is 1. The zero-order chi connectivity index (χ0) is 9.10. The van der Waals surface area contributed by atoms with Crippen LogP contribution in [0.3, 0.4) is 0 Å². The lowest BCUT2D eigenvalue weighted by Crippen LogP contribution is -3.00. The van der Waals surface area contributed by atoms with Crippen LogP contribution in [0.4, 0.5) is 10.1 Å². The molecule has 2 rings (SSSR count). The molecule has 0 unspecified atom stereocenters. The van der Waals surface area contributed by atoms with Gasteiger partial charge in [-0.3, -0.25) is 0 Å². The quantitative estimate of drug-likeness (QED) is 0.652. The molecule has 1 aromatic carbocycles. The second-order valence-corrected chi connectivity index (χ2v) is 3.22. The molecule has 1 N–H and O–H groups in total. The Labute approximate surface area is 95.4 Å². The topological polar surface area (TPSA) is 15.3 Å². The van der Waals surface area contributed by atoms with Gasteiger partial charge in [0.05, 0.1) is 0 Å². The summed E-state index contributed by atoms with van der Waals surface area (Å²) in [5.74, 6) is -0.156. The minimum absolute atomic E-state index is 0. The average molecular weight is 261 g/mol. The average Bonchev–Trinajstić information content (AvgIpc) is 2.19. The zero-order valence-corrected chi connectivity index (χ0v) is 9.43. The first-order chi connectivity index (χ1) is 6.36. The van der Waals surface area contributed by atoms with E-state index in [1.807, 2.05) is 6.07 Å². The maximum atomic E-state index is 12.9. The zero-order valence-electron chi connectivity index (χ0n) is 8.84. The molecule has 1 saturated heterocycles. The van der Waals surface area contributed by atoms with E-state index in [0.29, 0.717) is 0 Å². The van der Waals surface area contributed by atoms with Gasteiger partial charge in [0.1, 0.15) is 5.82 Å². The highest BCUT2D eigenvalue weighted by atomic mass is 79.9. The van der Waals surface area contributed by atoms with Crippen LogP contribution >= 0.6 is 0 Å². The summed E-state index contributed by atoms with van der Waals surface area (Å²) in [5.41, 5.74) is 0.988. The lowest BCUT2D eigenvalue weighted by atomic mass is 10.2. The number of halogens is 2. The molecule has 1 aliphatic heterocycles. The first-order valence-electron chi connectivity index (χ1n) is 4.57. The van der Waals surface area contributed by atoms with Gasteiger partial charge in [-0.1, -0.05) is 6.07 Å². The van der Waals surface area contributed by atoms with Gasteiger partial charge in [0.2, 0.25) is 0 Å².